The average Bonchev–Trinajstić information content (AvgIpc) is 2.32. The van der Waals surface area contributed by atoms with Gasteiger partial charge in [-0.2, -0.15) is 0 Å². The number of amides is 1. The van der Waals surface area contributed by atoms with E-state index in [4.69, 9.17) is 4.74 Å². The topological polar surface area (TPSA) is 41.6 Å². The molecule has 100 valence electrons. The summed E-state index contributed by atoms with van der Waals surface area (Å²) in [5.74, 6) is -0.107. The first-order valence-corrected chi connectivity index (χ1v) is 6.20. The van der Waals surface area contributed by atoms with Gasteiger partial charge >= 0.3 is 0 Å². The van der Waals surface area contributed by atoms with Gasteiger partial charge in [0.15, 0.2) is 0 Å². The number of nitrogens with one attached hydrogen (secondary N) is 1. The van der Waals surface area contributed by atoms with Gasteiger partial charge < -0.3 is 15.0 Å². The molecule has 0 fully saturated rings. The van der Waals surface area contributed by atoms with Gasteiger partial charge in [-0.3, -0.25) is 4.79 Å². The van der Waals surface area contributed by atoms with E-state index in [2.05, 4.69) is 5.32 Å². The highest BCUT2D eigenvalue weighted by Crippen LogP contribution is 2.21. The summed E-state index contributed by atoms with van der Waals surface area (Å²) < 4.78 is 5.20. The van der Waals surface area contributed by atoms with Gasteiger partial charge in [-0.05, 0) is 37.1 Å². The molecule has 0 radical (unpaired) electrons. The summed E-state index contributed by atoms with van der Waals surface area (Å²) in [7, 11) is 3.98. The van der Waals surface area contributed by atoms with E-state index >= 15 is 0 Å². The van der Waals surface area contributed by atoms with Crippen LogP contribution in [0.5, 0.6) is 0 Å². The van der Waals surface area contributed by atoms with Gasteiger partial charge in [-0.1, -0.05) is 6.92 Å². The molecule has 0 heterocycles. The Bertz CT molecular complexity index is 403. The number of benzene rings is 1. The van der Waals surface area contributed by atoms with E-state index in [1.54, 1.807) is 0 Å². The fourth-order valence-corrected chi connectivity index (χ4v) is 1.56. The predicted octanol–water partition coefficient (Wildman–Crippen LogP) is 2.43. The lowest BCUT2D eigenvalue weighted by molar-refractivity contribution is -0.120. The molecule has 0 aliphatic rings. The van der Waals surface area contributed by atoms with Crippen LogP contribution in [-0.2, 0) is 9.53 Å². The van der Waals surface area contributed by atoms with Crippen LogP contribution < -0.4 is 10.2 Å². The quantitative estimate of drug-likeness (QED) is 0.788. The Morgan fingerprint density at radius 1 is 1.39 bits per heavy atom. The lowest BCUT2D eigenvalue weighted by Gasteiger charge is -2.15. The number of carbonyl (C=O) groups excluding carboxylic acids is 1. The summed E-state index contributed by atoms with van der Waals surface area (Å²) >= 11 is 0. The molecule has 1 amide bonds. The van der Waals surface area contributed by atoms with Crippen molar-refractivity contribution in [1.82, 2.24) is 0 Å². The maximum absolute atomic E-state index is 11.6. The van der Waals surface area contributed by atoms with Crippen molar-refractivity contribution in [2.75, 3.05) is 37.5 Å². The first-order valence-electron chi connectivity index (χ1n) is 6.20. The molecule has 1 N–H and O–H groups in total. The Morgan fingerprint density at radius 2 is 2.11 bits per heavy atom. The first-order chi connectivity index (χ1) is 8.54. The summed E-state index contributed by atoms with van der Waals surface area (Å²) in [4.78, 5) is 13.6. The number of nitrogens with zero attached hydrogens (tertiary/aromatic N) is 1. The third-order valence-electron chi connectivity index (χ3n) is 2.58. The molecule has 0 aliphatic heterocycles. The Hall–Kier alpha value is -1.55. The third-order valence-corrected chi connectivity index (χ3v) is 2.58. The van der Waals surface area contributed by atoms with Crippen molar-refractivity contribution in [3.05, 3.63) is 23.8 Å². The van der Waals surface area contributed by atoms with Crippen LogP contribution in [0, 0.1) is 6.92 Å². The standard InChI is InChI=1S/C14H22N2O2/c1-5-8-18-10-14(17)15-13-7-6-12(16(3)4)9-11(13)2/h6-7,9H,5,8,10H2,1-4H3,(H,15,17). The third kappa shape index (κ3) is 4.37. The van der Waals surface area contributed by atoms with Gasteiger partial charge in [0.1, 0.15) is 6.61 Å². The van der Waals surface area contributed by atoms with Crippen molar-refractivity contribution in [3.8, 4) is 0 Å². The molecule has 0 aromatic heterocycles. The van der Waals surface area contributed by atoms with E-state index in [0.29, 0.717) is 6.61 Å². The number of hydrogen-bond acceptors (Lipinski definition) is 3. The maximum atomic E-state index is 11.6. The molecule has 0 aliphatic carbocycles. The van der Waals surface area contributed by atoms with E-state index in [0.717, 1.165) is 23.4 Å². The lowest BCUT2D eigenvalue weighted by Crippen LogP contribution is -2.19. The molecule has 0 atom stereocenters. The molecule has 4 heteroatoms. The van der Waals surface area contributed by atoms with Crippen molar-refractivity contribution in [3.63, 3.8) is 0 Å². The van der Waals surface area contributed by atoms with Gasteiger partial charge in [0.2, 0.25) is 5.91 Å². The van der Waals surface area contributed by atoms with Crippen LogP contribution in [-0.4, -0.2) is 33.2 Å². The lowest BCUT2D eigenvalue weighted by atomic mass is 10.1. The molecular weight excluding hydrogens is 228 g/mol. The van der Waals surface area contributed by atoms with Crippen LogP contribution in [0.15, 0.2) is 18.2 Å². The van der Waals surface area contributed by atoms with E-state index < -0.39 is 0 Å². The number of ether oxygens (including phenoxy) is 1. The SMILES string of the molecule is CCCOCC(=O)Nc1ccc(N(C)C)cc1C. The zero-order chi connectivity index (χ0) is 13.5. The summed E-state index contributed by atoms with van der Waals surface area (Å²) in [5.41, 5.74) is 3.00. The highest BCUT2D eigenvalue weighted by atomic mass is 16.5. The van der Waals surface area contributed by atoms with Crippen LogP contribution >= 0.6 is 0 Å². The monoisotopic (exact) mass is 250 g/mol. The van der Waals surface area contributed by atoms with Crippen LogP contribution in [0.25, 0.3) is 0 Å². The Balaban J connectivity index is 2.59. The number of aryl methyl sites for hydroxylation is 1. The molecule has 4 nitrogen and oxygen atoms in total. The molecule has 1 aromatic carbocycles. The van der Waals surface area contributed by atoms with E-state index in [1.165, 1.54) is 0 Å². The molecule has 0 spiro atoms. The summed E-state index contributed by atoms with van der Waals surface area (Å²) in [6.45, 7) is 4.73. The van der Waals surface area contributed by atoms with Gasteiger partial charge in [0, 0.05) is 32.1 Å². The summed E-state index contributed by atoms with van der Waals surface area (Å²) in [5, 5.41) is 2.85. The second-order valence-corrected chi connectivity index (χ2v) is 4.49. The fraction of sp³-hybridized carbons (Fsp3) is 0.500. The second-order valence-electron chi connectivity index (χ2n) is 4.49. The maximum Gasteiger partial charge on any atom is 0.250 e. The van der Waals surface area contributed by atoms with Crippen molar-refractivity contribution < 1.29 is 9.53 Å². The Morgan fingerprint density at radius 3 is 2.67 bits per heavy atom. The number of rotatable bonds is 6. The first kappa shape index (κ1) is 14.5. The van der Waals surface area contributed by atoms with Crippen molar-refractivity contribution in [2.24, 2.45) is 0 Å². The molecule has 1 aromatic rings. The minimum absolute atomic E-state index is 0.107. The van der Waals surface area contributed by atoms with Gasteiger partial charge in [0.25, 0.3) is 0 Å². The molecule has 0 bridgehead atoms. The highest BCUT2D eigenvalue weighted by molar-refractivity contribution is 5.92. The minimum Gasteiger partial charge on any atom is -0.378 e. The van der Waals surface area contributed by atoms with Gasteiger partial charge in [-0.25, -0.2) is 0 Å². The van der Waals surface area contributed by atoms with E-state index in [-0.39, 0.29) is 12.5 Å². The van der Waals surface area contributed by atoms with Crippen LogP contribution in [0.1, 0.15) is 18.9 Å². The molecule has 18 heavy (non-hydrogen) atoms. The van der Waals surface area contributed by atoms with Crippen molar-refractivity contribution in [2.45, 2.75) is 20.3 Å². The zero-order valence-corrected chi connectivity index (χ0v) is 11.6. The number of hydrogen-bond donors (Lipinski definition) is 1. The minimum atomic E-state index is -0.107. The molecule has 1 rings (SSSR count). The van der Waals surface area contributed by atoms with Crippen LogP contribution in [0.4, 0.5) is 11.4 Å². The second kappa shape index (κ2) is 7.01. The zero-order valence-electron chi connectivity index (χ0n) is 11.6. The van der Waals surface area contributed by atoms with Crippen molar-refractivity contribution in [1.29, 1.82) is 0 Å². The largest absolute Gasteiger partial charge is 0.378 e. The molecule has 0 saturated heterocycles. The van der Waals surface area contributed by atoms with Gasteiger partial charge in [0.05, 0.1) is 0 Å². The number of carbonyl (C=O) groups is 1. The average molecular weight is 250 g/mol. The summed E-state index contributed by atoms with van der Waals surface area (Å²) in [6.07, 6.45) is 0.920. The van der Waals surface area contributed by atoms with Crippen LogP contribution in [0.3, 0.4) is 0 Å². The van der Waals surface area contributed by atoms with Crippen LogP contribution in [0.2, 0.25) is 0 Å². The Labute approximate surface area is 109 Å². The fourth-order valence-electron chi connectivity index (χ4n) is 1.56. The molecule has 0 saturated carbocycles. The number of anilines is 2. The predicted molar refractivity (Wildman–Crippen MR) is 75.2 cm³/mol. The normalized spacial score (nSPS) is 10.2. The van der Waals surface area contributed by atoms with Gasteiger partial charge in [-0.15, -0.1) is 0 Å². The molecular formula is C14H22N2O2. The van der Waals surface area contributed by atoms with E-state index in [9.17, 15) is 4.79 Å². The summed E-state index contributed by atoms with van der Waals surface area (Å²) in [6, 6.07) is 5.94. The highest BCUT2D eigenvalue weighted by Gasteiger charge is 2.06. The smallest absolute Gasteiger partial charge is 0.250 e. The molecule has 0 unspecified atom stereocenters. The Kier molecular flexibility index (Phi) is 5.65. The van der Waals surface area contributed by atoms with E-state index in [1.807, 2.05) is 51.0 Å². The van der Waals surface area contributed by atoms with Crippen molar-refractivity contribution >= 4 is 17.3 Å².